The van der Waals surface area contributed by atoms with Gasteiger partial charge in [0.15, 0.2) is 0 Å². The lowest BCUT2D eigenvalue weighted by Gasteiger charge is -2.08. The molecule has 0 saturated heterocycles. The largest absolute Gasteiger partial charge is 0.323 e. The van der Waals surface area contributed by atoms with Crippen LogP contribution in [0.25, 0.3) is 11.3 Å². The van der Waals surface area contributed by atoms with Gasteiger partial charge in [0.25, 0.3) is 0 Å². The van der Waals surface area contributed by atoms with Crippen molar-refractivity contribution in [3.63, 3.8) is 0 Å². The zero-order valence-corrected chi connectivity index (χ0v) is 14.3. The minimum absolute atomic E-state index is 0.477. The zero-order valence-electron chi connectivity index (χ0n) is 11.2. The molecular weight excluding hydrogens is 385 g/mol. The van der Waals surface area contributed by atoms with Crippen molar-refractivity contribution in [2.45, 2.75) is 0 Å². The van der Waals surface area contributed by atoms with Gasteiger partial charge in [0.1, 0.15) is 0 Å². The second-order valence-corrected chi connectivity index (χ2v) is 6.28. The average molecular weight is 395 g/mol. The van der Waals surface area contributed by atoms with Crippen molar-refractivity contribution in [2.75, 3.05) is 5.32 Å². The summed E-state index contributed by atoms with van der Waals surface area (Å²) >= 11 is 15.5. The number of aromatic nitrogens is 2. The van der Waals surface area contributed by atoms with Gasteiger partial charge in [-0.25, -0.2) is 9.97 Å². The standard InChI is InChI=1S/C16H10BrCl2N3/c17-11-3-1-10(2-4-11)14-7-8-20-16(21-14)22-15-6-5-12(18)9-13(15)19/h1-9H,(H,20,21,22). The molecule has 0 aliphatic heterocycles. The number of rotatable bonds is 3. The highest BCUT2D eigenvalue weighted by Gasteiger charge is 2.06. The van der Waals surface area contributed by atoms with E-state index in [0.717, 1.165) is 15.7 Å². The van der Waals surface area contributed by atoms with Gasteiger partial charge in [-0.15, -0.1) is 0 Å². The molecule has 0 amide bonds. The van der Waals surface area contributed by atoms with E-state index in [0.29, 0.717) is 21.7 Å². The topological polar surface area (TPSA) is 37.8 Å². The van der Waals surface area contributed by atoms with Gasteiger partial charge in [-0.2, -0.15) is 0 Å². The third kappa shape index (κ3) is 3.58. The molecule has 3 rings (SSSR count). The Labute approximate surface area is 146 Å². The lowest BCUT2D eigenvalue weighted by Crippen LogP contribution is -1.98. The molecule has 1 heterocycles. The highest BCUT2D eigenvalue weighted by Crippen LogP contribution is 2.28. The molecule has 0 radical (unpaired) electrons. The predicted octanol–water partition coefficient (Wildman–Crippen LogP) is 5.96. The van der Waals surface area contributed by atoms with Crippen LogP contribution >= 0.6 is 39.1 Å². The molecule has 110 valence electrons. The lowest BCUT2D eigenvalue weighted by molar-refractivity contribution is 1.17. The van der Waals surface area contributed by atoms with Gasteiger partial charge in [0.05, 0.1) is 16.4 Å². The van der Waals surface area contributed by atoms with Gasteiger partial charge in [0.2, 0.25) is 5.95 Å². The van der Waals surface area contributed by atoms with Crippen LogP contribution in [0.3, 0.4) is 0 Å². The van der Waals surface area contributed by atoms with E-state index in [9.17, 15) is 0 Å². The van der Waals surface area contributed by atoms with Gasteiger partial charge < -0.3 is 5.32 Å². The highest BCUT2D eigenvalue weighted by molar-refractivity contribution is 9.10. The monoisotopic (exact) mass is 393 g/mol. The van der Waals surface area contributed by atoms with Crippen molar-refractivity contribution in [2.24, 2.45) is 0 Å². The highest BCUT2D eigenvalue weighted by atomic mass is 79.9. The maximum absolute atomic E-state index is 6.15. The molecule has 1 aromatic heterocycles. The summed E-state index contributed by atoms with van der Waals surface area (Å²) in [5.41, 5.74) is 2.55. The normalized spacial score (nSPS) is 10.5. The Morgan fingerprint density at radius 2 is 1.73 bits per heavy atom. The Balaban J connectivity index is 1.89. The van der Waals surface area contributed by atoms with Crippen LogP contribution in [-0.4, -0.2) is 9.97 Å². The molecule has 0 aliphatic rings. The first-order valence-corrected chi connectivity index (χ1v) is 7.98. The first kappa shape index (κ1) is 15.3. The Bertz CT molecular complexity index is 807. The second kappa shape index (κ2) is 6.65. The van der Waals surface area contributed by atoms with Gasteiger partial charge in [-0.05, 0) is 36.4 Å². The SMILES string of the molecule is Clc1ccc(Nc2nccc(-c3ccc(Br)cc3)n2)c(Cl)c1. The Morgan fingerprint density at radius 1 is 0.955 bits per heavy atom. The third-order valence-electron chi connectivity index (χ3n) is 2.97. The van der Waals surface area contributed by atoms with Crippen LogP contribution in [0.5, 0.6) is 0 Å². The maximum atomic E-state index is 6.15. The molecule has 0 bridgehead atoms. The fourth-order valence-corrected chi connectivity index (χ4v) is 2.63. The molecule has 0 unspecified atom stereocenters. The lowest BCUT2D eigenvalue weighted by atomic mass is 10.1. The third-order valence-corrected chi connectivity index (χ3v) is 4.05. The first-order chi connectivity index (χ1) is 10.6. The molecule has 0 fully saturated rings. The summed E-state index contributed by atoms with van der Waals surface area (Å²) in [5, 5.41) is 4.20. The molecule has 3 aromatic rings. The summed E-state index contributed by atoms with van der Waals surface area (Å²) in [5.74, 6) is 0.477. The quantitative estimate of drug-likeness (QED) is 0.595. The van der Waals surface area contributed by atoms with Crippen LogP contribution < -0.4 is 5.32 Å². The molecule has 6 heteroatoms. The summed E-state index contributed by atoms with van der Waals surface area (Å²) in [6.45, 7) is 0. The summed E-state index contributed by atoms with van der Waals surface area (Å²) in [7, 11) is 0. The van der Waals surface area contributed by atoms with E-state index >= 15 is 0 Å². The van der Waals surface area contributed by atoms with Crippen LogP contribution in [-0.2, 0) is 0 Å². The summed E-state index contributed by atoms with van der Waals surface area (Å²) in [6, 6.07) is 15.0. The van der Waals surface area contributed by atoms with E-state index in [4.69, 9.17) is 23.2 Å². The molecule has 1 N–H and O–H groups in total. The van der Waals surface area contributed by atoms with Crippen LogP contribution in [0.1, 0.15) is 0 Å². The van der Waals surface area contributed by atoms with Crippen molar-refractivity contribution in [1.82, 2.24) is 9.97 Å². The van der Waals surface area contributed by atoms with Crippen molar-refractivity contribution in [1.29, 1.82) is 0 Å². The number of halogens is 3. The minimum Gasteiger partial charge on any atom is -0.323 e. The fraction of sp³-hybridized carbons (Fsp3) is 0. The number of nitrogens with one attached hydrogen (secondary N) is 1. The summed E-state index contributed by atoms with van der Waals surface area (Å²) < 4.78 is 1.02. The van der Waals surface area contributed by atoms with Gasteiger partial charge in [-0.1, -0.05) is 51.3 Å². The molecule has 0 saturated carbocycles. The van der Waals surface area contributed by atoms with E-state index in [-0.39, 0.29) is 0 Å². The molecule has 0 spiro atoms. The molecule has 3 nitrogen and oxygen atoms in total. The van der Waals surface area contributed by atoms with E-state index in [1.54, 1.807) is 24.4 Å². The van der Waals surface area contributed by atoms with Crippen molar-refractivity contribution in [3.05, 3.63) is 69.2 Å². The zero-order chi connectivity index (χ0) is 15.5. The molecule has 22 heavy (non-hydrogen) atoms. The van der Waals surface area contributed by atoms with Crippen molar-refractivity contribution >= 4 is 50.8 Å². The second-order valence-electron chi connectivity index (χ2n) is 4.52. The summed E-state index contributed by atoms with van der Waals surface area (Å²) in [4.78, 5) is 8.72. The minimum atomic E-state index is 0.477. The number of hydrogen-bond acceptors (Lipinski definition) is 3. The summed E-state index contributed by atoms with van der Waals surface area (Å²) in [6.07, 6.45) is 1.70. The van der Waals surface area contributed by atoms with Gasteiger partial charge >= 0.3 is 0 Å². The fourth-order valence-electron chi connectivity index (χ4n) is 1.91. The van der Waals surface area contributed by atoms with E-state index in [2.05, 4.69) is 31.2 Å². The molecule has 2 aromatic carbocycles. The Hall–Kier alpha value is -1.62. The van der Waals surface area contributed by atoms with Gasteiger partial charge in [-0.3, -0.25) is 0 Å². The van der Waals surface area contributed by atoms with E-state index < -0.39 is 0 Å². The van der Waals surface area contributed by atoms with Crippen LogP contribution in [0.15, 0.2) is 59.2 Å². The van der Waals surface area contributed by atoms with Crippen LogP contribution in [0, 0.1) is 0 Å². The van der Waals surface area contributed by atoms with Crippen LogP contribution in [0.2, 0.25) is 10.0 Å². The number of anilines is 2. The number of nitrogens with zero attached hydrogens (tertiary/aromatic N) is 2. The maximum Gasteiger partial charge on any atom is 0.227 e. The molecule has 0 aliphatic carbocycles. The number of benzene rings is 2. The smallest absolute Gasteiger partial charge is 0.227 e. The van der Waals surface area contributed by atoms with Crippen molar-refractivity contribution in [3.8, 4) is 11.3 Å². The Morgan fingerprint density at radius 3 is 2.45 bits per heavy atom. The van der Waals surface area contributed by atoms with Crippen LogP contribution in [0.4, 0.5) is 11.6 Å². The molecular formula is C16H10BrCl2N3. The average Bonchev–Trinajstić information content (AvgIpc) is 2.51. The number of hydrogen-bond donors (Lipinski definition) is 1. The van der Waals surface area contributed by atoms with E-state index in [1.807, 2.05) is 30.3 Å². The first-order valence-electron chi connectivity index (χ1n) is 6.43. The van der Waals surface area contributed by atoms with Gasteiger partial charge in [0, 0.05) is 21.3 Å². The van der Waals surface area contributed by atoms with E-state index in [1.165, 1.54) is 0 Å². The predicted molar refractivity (Wildman–Crippen MR) is 94.9 cm³/mol. The molecule has 0 atom stereocenters. The Kier molecular flexibility index (Phi) is 4.62. The van der Waals surface area contributed by atoms with Crippen molar-refractivity contribution < 1.29 is 0 Å².